The van der Waals surface area contributed by atoms with Crippen molar-refractivity contribution < 1.29 is 0 Å². The fraction of sp³-hybridized carbons (Fsp3) is 0.636. The highest BCUT2D eigenvalue weighted by atomic mass is 16.1. The molecule has 16 heavy (non-hydrogen) atoms. The minimum Gasteiger partial charge on any atom is -0.330 e. The van der Waals surface area contributed by atoms with E-state index in [0.717, 1.165) is 44.7 Å². The Bertz CT molecular complexity index is 382. The van der Waals surface area contributed by atoms with Crippen LogP contribution in [0.2, 0.25) is 0 Å². The molecular formula is C11H18N4O. The smallest absolute Gasteiger partial charge is 0.250 e. The molecule has 0 amide bonds. The summed E-state index contributed by atoms with van der Waals surface area (Å²) in [6.07, 6.45) is 3.77. The molecule has 2 rings (SSSR count). The van der Waals surface area contributed by atoms with Crippen LogP contribution in [0.15, 0.2) is 17.2 Å². The van der Waals surface area contributed by atoms with E-state index in [9.17, 15) is 4.79 Å². The third kappa shape index (κ3) is 2.90. The first-order valence-corrected chi connectivity index (χ1v) is 5.74. The molecule has 1 saturated heterocycles. The number of piperidine rings is 1. The minimum absolute atomic E-state index is 0.0816. The molecule has 1 aromatic rings. The topological polar surface area (TPSA) is 75.0 Å². The average Bonchev–Trinajstić information content (AvgIpc) is 2.30. The average molecular weight is 222 g/mol. The molecule has 1 fully saturated rings. The van der Waals surface area contributed by atoms with E-state index in [2.05, 4.69) is 14.9 Å². The van der Waals surface area contributed by atoms with E-state index in [1.807, 2.05) is 0 Å². The molecule has 0 unspecified atom stereocenters. The van der Waals surface area contributed by atoms with Crippen molar-refractivity contribution in [1.82, 2.24) is 14.9 Å². The number of nitrogens with two attached hydrogens (primary N) is 1. The van der Waals surface area contributed by atoms with E-state index in [-0.39, 0.29) is 5.56 Å². The van der Waals surface area contributed by atoms with Crippen molar-refractivity contribution in [2.45, 2.75) is 19.4 Å². The van der Waals surface area contributed by atoms with Crippen LogP contribution in [0.1, 0.15) is 18.5 Å². The Morgan fingerprint density at radius 2 is 2.25 bits per heavy atom. The van der Waals surface area contributed by atoms with Gasteiger partial charge in [0.25, 0.3) is 5.56 Å². The Kier molecular flexibility index (Phi) is 3.69. The van der Waals surface area contributed by atoms with Crippen LogP contribution in [0.5, 0.6) is 0 Å². The molecule has 3 N–H and O–H groups in total. The van der Waals surface area contributed by atoms with Gasteiger partial charge in [0, 0.05) is 12.6 Å². The van der Waals surface area contributed by atoms with Gasteiger partial charge in [-0.3, -0.25) is 9.69 Å². The van der Waals surface area contributed by atoms with E-state index >= 15 is 0 Å². The van der Waals surface area contributed by atoms with Gasteiger partial charge >= 0.3 is 0 Å². The Morgan fingerprint density at radius 1 is 1.50 bits per heavy atom. The zero-order valence-electron chi connectivity index (χ0n) is 9.35. The van der Waals surface area contributed by atoms with Gasteiger partial charge in [0.2, 0.25) is 0 Å². The minimum atomic E-state index is -0.0816. The second-order valence-electron chi connectivity index (χ2n) is 4.36. The highest BCUT2D eigenvalue weighted by molar-refractivity contribution is 4.98. The number of aromatic amines is 1. The molecule has 0 atom stereocenters. The summed E-state index contributed by atoms with van der Waals surface area (Å²) < 4.78 is 0. The monoisotopic (exact) mass is 222 g/mol. The summed E-state index contributed by atoms with van der Waals surface area (Å²) in [5.74, 6) is 0.670. The maximum atomic E-state index is 11.1. The lowest BCUT2D eigenvalue weighted by Crippen LogP contribution is -2.36. The predicted octanol–water partition coefficient (Wildman–Crippen LogP) is -0.0594. The van der Waals surface area contributed by atoms with Crippen molar-refractivity contribution in [2.24, 2.45) is 11.7 Å². The van der Waals surface area contributed by atoms with E-state index < -0.39 is 0 Å². The third-order valence-electron chi connectivity index (χ3n) is 3.16. The Morgan fingerprint density at radius 3 is 2.88 bits per heavy atom. The number of nitrogens with zero attached hydrogens (tertiary/aromatic N) is 2. The normalized spacial score (nSPS) is 18.8. The van der Waals surface area contributed by atoms with Gasteiger partial charge in [-0.25, -0.2) is 4.98 Å². The molecule has 0 saturated carbocycles. The van der Waals surface area contributed by atoms with Crippen molar-refractivity contribution in [3.8, 4) is 0 Å². The van der Waals surface area contributed by atoms with Gasteiger partial charge in [-0.05, 0) is 38.4 Å². The second kappa shape index (κ2) is 5.23. The molecule has 2 heterocycles. The molecule has 0 bridgehead atoms. The van der Waals surface area contributed by atoms with Crippen molar-refractivity contribution in [2.75, 3.05) is 19.6 Å². The first-order valence-electron chi connectivity index (χ1n) is 5.74. The standard InChI is InChI=1S/C11H18N4O/c12-6-9-1-3-15(4-2-9)7-10-5-11(16)14-8-13-10/h5,8-9H,1-4,6-7,12H2,(H,13,14,16). The molecule has 1 aromatic heterocycles. The van der Waals surface area contributed by atoms with Crippen LogP contribution in [0.4, 0.5) is 0 Å². The Labute approximate surface area is 94.7 Å². The number of hydrogen-bond acceptors (Lipinski definition) is 4. The SMILES string of the molecule is NCC1CCN(Cc2cc(=O)[nH]cn2)CC1. The van der Waals surface area contributed by atoms with Crippen LogP contribution < -0.4 is 11.3 Å². The zero-order chi connectivity index (χ0) is 11.4. The molecular weight excluding hydrogens is 204 g/mol. The maximum absolute atomic E-state index is 11.1. The zero-order valence-corrected chi connectivity index (χ0v) is 9.35. The summed E-state index contributed by atoms with van der Waals surface area (Å²) in [4.78, 5) is 20.1. The van der Waals surface area contributed by atoms with Crippen LogP contribution in [0.25, 0.3) is 0 Å². The predicted molar refractivity (Wildman–Crippen MR) is 61.9 cm³/mol. The lowest BCUT2D eigenvalue weighted by atomic mass is 9.97. The fourth-order valence-corrected chi connectivity index (χ4v) is 2.10. The highest BCUT2D eigenvalue weighted by Gasteiger charge is 2.18. The number of hydrogen-bond donors (Lipinski definition) is 2. The van der Waals surface area contributed by atoms with Gasteiger partial charge in [-0.1, -0.05) is 0 Å². The van der Waals surface area contributed by atoms with E-state index in [1.165, 1.54) is 6.33 Å². The van der Waals surface area contributed by atoms with Gasteiger partial charge < -0.3 is 10.7 Å². The second-order valence-corrected chi connectivity index (χ2v) is 4.36. The van der Waals surface area contributed by atoms with E-state index in [1.54, 1.807) is 6.07 Å². The van der Waals surface area contributed by atoms with Crippen LogP contribution in [-0.2, 0) is 6.54 Å². The van der Waals surface area contributed by atoms with Gasteiger partial charge in [0.1, 0.15) is 0 Å². The van der Waals surface area contributed by atoms with Crippen molar-refractivity contribution in [1.29, 1.82) is 0 Å². The lowest BCUT2D eigenvalue weighted by Gasteiger charge is -2.30. The molecule has 0 aromatic carbocycles. The van der Waals surface area contributed by atoms with Crippen LogP contribution in [-0.4, -0.2) is 34.5 Å². The highest BCUT2D eigenvalue weighted by Crippen LogP contribution is 2.16. The number of H-pyrrole nitrogens is 1. The van der Waals surface area contributed by atoms with Gasteiger partial charge in [-0.15, -0.1) is 0 Å². The van der Waals surface area contributed by atoms with Crippen LogP contribution >= 0.6 is 0 Å². The van der Waals surface area contributed by atoms with Gasteiger partial charge in [-0.2, -0.15) is 0 Å². The first kappa shape index (κ1) is 11.3. The number of rotatable bonds is 3. The summed E-state index contributed by atoms with van der Waals surface area (Å²) in [5, 5.41) is 0. The van der Waals surface area contributed by atoms with E-state index in [0.29, 0.717) is 5.92 Å². The summed E-state index contributed by atoms with van der Waals surface area (Å²) in [7, 11) is 0. The third-order valence-corrected chi connectivity index (χ3v) is 3.16. The van der Waals surface area contributed by atoms with Crippen molar-refractivity contribution in [3.05, 3.63) is 28.4 Å². The summed E-state index contributed by atoms with van der Waals surface area (Å²) in [6.45, 7) is 3.66. The summed E-state index contributed by atoms with van der Waals surface area (Å²) >= 11 is 0. The molecule has 1 aliphatic rings. The number of nitrogens with one attached hydrogen (secondary N) is 1. The molecule has 88 valence electrons. The Balaban J connectivity index is 1.89. The van der Waals surface area contributed by atoms with Gasteiger partial charge in [0.05, 0.1) is 12.0 Å². The van der Waals surface area contributed by atoms with Gasteiger partial charge in [0.15, 0.2) is 0 Å². The molecule has 0 aliphatic carbocycles. The summed E-state index contributed by atoms with van der Waals surface area (Å²) in [6, 6.07) is 1.56. The van der Waals surface area contributed by atoms with Crippen LogP contribution in [0.3, 0.4) is 0 Å². The molecule has 5 heteroatoms. The van der Waals surface area contributed by atoms with Crippen molar-refractivity contribution in [3.63, 3.8) is 0 Å². The molecule has 0 spiro atoms. The quantitative estimate of drug-likeness (QED) is 0.751. The van der Waals surface area contributed by atoms with E-state index in [4.69, 9.17) is 5.73 Å². The molecule has 0 radical (unpaired) electrons. The number of aromatic nitrogens is 2. The molecule has 5 nitrogen and oxygen atoms in total. The maximum Gasteiger partial charge on any atom is 0.250 e. The summed E-state index contributed by atoms with van der Waals surface area (Å²) in [5.41, 5.74) is 6.41. The van der Waals surface area contributed by atoms with Crippen LogP contribution in [0, 0.1) is 5.92 Å². The number of likely N-dealkylation sites (tertiary alicyclic amines) is 1. The first-order chi connectivity index (χ1) is 7.78. The largest absolute Gasteiger partial charge is 0.330 e. The Hall–Kier alpha value is -1.20. The lowest BCUT2D eigenvalue weighted by molar-refractivity contribution is 0.178. The molecule has 1 aliphatic heterocycles. The fourth-order valence-electron chi connectivity index (χ4n) is 2.10. The van der Waals surface area contributed by atoms with Crippen molar-refractivity contribution >= 4 is 0 Å².